The summed E-state index contributed by atoms with van der Waals surface area (Å²) in [6.45, 7) is 1.54. The van der Waals surface area contributed by atoms with Crippen molar-refractivity contribution in [1.82, 2.24) is 15.1 Å². The highest BCUT2D eigenvalue weighted by Gasteiger charge is 2.20. The van der Waals surface area contributed by atoms with E-state index in [-0.39, 0.29) is 0 Å². The van der Waals surface area contributed by atoms with E-state index in [2.05, 4.69) is 23.0 Å². The van der Waals surface area contributed by atoms with Gasteiger partial charge >= 0.3 is 0 Å². The zero-order chi connectivity index (χ0) is 8.55. The predicted molar refractivity (Wildman–Crippen MR) is 47.8 cm³/mol. The topological polar surface area (TPSA) is 39.1 Å². The number of nitrogens with zero attached hydrogens (tertiary/aromatic N) is 2. The molecular weight excluding hydrogens is 174 g/mol. The minimum absolute atomic E-state index is 0.352. The van der Waals surface area contributed by atoms with Crippen molar-refractivity contribution in [2.75, 3.05) is 13.7 Å². The number of hydrogen-bond acceptors (Lipinski definition) is 4. The number of hydrogen-bond donors (Lipinski definition) is 2. The summed E-state index contributed by atoms with van der Waals surface area (Å²) in [5.41, 5.74) is 0. The van der Waals surface area contributed by atoms with Crippen molar-refractivity contribution in [2.45, 2.75) is 17.5 Å². The summed E-state index contributed by atoms with van der Waals surface area (Å²) in [5, 5.41) is 7.27. The van der Waals surface area contributed by atoms with Gasteiger partial charge in [0, 0.05) is 0 Å². The van der Waals surface area contributed by atoms with Crippen LogP contribution in [0.3, 0.4) is 0 Å². The van der Waals surface area contributed by atoms with Gasteiger partial charge < -0.3 is 10.1 Å². The van der Waals surface area contributed by atoms with Crippen LogP contribution in [0.1, 0.15) is 0 Å². The maximum absolute atomic E-state index is 5.46. The van der Waals surface area contributed by atoms with Gasteiger partial charge in [-0.25, -0.2) is 4.68 Å². The van der Waals surface area contributed by atoms with Crippen LogP contribution in [0.5, 0.6) is 5.88 Å². The molecule has 1 N–H and O–H groups in total. The van der Waals surface area contributed by atoms with Crippen LogP contribution in [0.25, 0.3) is 0 Å². The molecular formula is C7H11N3OS. The van der Waals surface area contributed by atoms with Gasteiger partial charge in [-0.15, -0.1) is 12.6 Å². The molecule has 0 spiro atoms. The molecule has 0 saturated heterocycles. The Labute approximate surface area is 76.3 Å². The van der Waals surface area contributed by atoms with Crippen molar-refractivity contribution in [3.63, 3.8) is 0 Å². The Hall–Kier alpha value is -0.680. The monoisotopic (exact) mass is 185 g/mol. The molecule has 0 aromatic carbocycles. The van der Waals surface area contributed by atoms with Crippen molar-refractivity contribution in [1.29, 1.82) is 0 Å². The first-order valence-electron chi connectivity index (χ1n) is 3.86. The van der Waals surface area contributed by atoms with Gasteiger partial charge in [-0.3, -0.25) is 0 Å². The van der Waals surface area contributed by atoms with Crippen LogP contribution in [-0.2, 0) is 6.54 Å². The number of thiol groups is 1. The molecule has 1 atom stereocenters. The molecule has 5 heteroatoms. The molecule has 4 nitrogen and oxygen atoms in total. The highest BCUT2D eigenvalue weighted by atomic mass is 32.1. The molecule has 12 heavy (non-hydrogen) atoms. The van der Waals surface area contributed by atoms with E-state index in [1.807, 2.05) is 11.7 Å². The molecule has 0 fully saturated rings. The average molecular weight is 185 g/mol. The molecule has 0 amide bonds. The van der Waals surface area contributed by atoms with Crippen LogP contribution in [0, 0.1) is 0 Å². The SMILES string of the molecule is CNC1COc2c(S)cnn2C1. The maximum Gasteiger partial charge on any atom is 0.225 e. The zero-order valence-corrected chi connectivity index (χ0v) is 7.71. The van der Waals surface area contributed by atoms with Crippen LogP contribution in [0.2, 0.25) is 0 Å². The van der Waals surface area contributed by atoms with Crippen molar-refractivity contribution in [3.8, 4) is 5.88 Å². The predicted octanol–water partition coefficient (Wildman–Crippen LogP) is 0.152. The van der Waals surface area contributed by atoms with Gasteiger partial charge in [0.1, 0.15) is 6.61 Å². The number of ether oxygens (including phenoxy) is 1. The van der Waals surface area contributed by atoms with Crippen molar-refractivity contribution in [3.05, 3.63) is 6.20 Å². The van der Waals surface area contributed by atoms with Gasteiger partial charge in [-0.05, 0) is 7.05 Å². The standard InChI is InChI=1S/C7H11N3OS/c1-8-5-3-10-7(11-4-5)6(12)2-9-10/h2,5,8,12H,3-4H2,1H3. The molecule has 1 aliphatic rings. The Kier molecular flexibility index (Phi) is 1.98. The van der Waals surface area contributed by atoms with Gasteiger partial charge in [0.15, 0.2) is 0 Å². The normalized spacial score (nSPS) is 21.7. The van der Waals surface area contributed by atoms with Crippen LogP contribution in [0.15, 0.2) is 11.1 Å². The number of nitrogens with one attached hydrogen (secondary N) is 1. The first kappa shape index (κ1) is 7.94. The Morgan fingerprint density at radius 1 is 1.83 bits per heavy atom. The highest BCUT2D eigenvalue weighted by Crippen LogP contribution is 2.24. The van der Waals surface area contributed by atoms with Gasteiger partial charge in [0.05, 0.1) is 23.7 Å². The van der Waals surface area contributed by atoms with E-state index in [0.29, 0.717) is 12.6 Å². The largest absolute Gasteiger partial charge is 0.475 e. The lowest BCUT2D eigenvalue weighted by atomic mass is 10.3. The Bertz CT molecular complexity index is 286. The Morgan fingerprint density at radius 3 is 3.42 bits per heavy atom. The number of rotatable bonds is 1. The molecule has 66 valence electrons. The van der Waals surface area contributed by atoms with Crippen molar-refractivity contribution < 1.29 is 4.74 Å². The summed E-state index contributed by atoms with van der Waals surface area (Å²) >= 11 is 4.22. The van der Waals surface area contributed by atoms with Crippen LogP contribution in [0.4, 0.5) is 0 Å². The molecule has 0 bridgehead atoms. The molecule has 1 aliphatic heterocycles. The van der Waals surface area contributed by atoms with E-state index in [4.69, 9.17) is 4.74 Å². The van der Waals surface area contributed by atoms with Gasteiger partial charge in [0.25, 0.3) is 0 Å². The second-order valence-corrected chi connectivity index (χ2v) is 3.30. The summed E-state index contributed by atoms with van der Waals surface area (Å²) in [5.74, 6) is 0.782. The van der Waals surface area contributed by atoms with Gasteiger partial charge in [-0.1, -0.05) is 0 Å². The summed E-state index contributed by atoms with van der Waals surface area (Å²) < 4.78 is 7.29. The van der Waals surface area contributed by atoms with Gasteiger partial charge in [0.2, 0.25) is 5.88 Å². The fraction of sp³-hybridized carbons (Fsp3) is 0.571. The average Bonchev–Trinajstić information content (AvgIpc) is 2.47. The first-order chi connectivity index (χ1) is 5.81. The summed E-state index contributed by atoms with van der Waals surface area (Å²) in [4.78, 5) is 0.810. The summed E-state index contributed by atoms with van der Waals surface area (Å²) in [7, 11) is 1.92. The minimum atomic E-state index is 0.352. The molecule has 2 rings (SSSR count). The third-order valence-electron chi connectivity index (χ3n) is 2.00. The molecule has 1 unspecified atom stereocenters. The Morgan fingerprint density at radius 2 is 2.67 bits per heavy atom. The number of likely N-dealkylation sites (N-methyl/N-ethyl adjacent to an activating group) is 1. The van der Waals surface area contributed by atoms with Gasteiger partial charge in [-0.2, -0.15) is 5.10 Å². The van der Waals surface area contributed by atoms with Crippen molar-refractivity contribution >= 4 is 12.6 Å². The highest BCUT2D eigenvalue weighted by molar-refractivity contribution is 7.80. The van der Waals surface area contributed by atoms with E-state index < -0.39 is 0 Å². The Balaban J connectivity index is 2.24. The second kappa shape index (κ2) is 2.99. The molecule has 1 aromatic rings. The fourth-order valence-electron chi connectivity index (χ4n) is 1.26. The summed E-state index contributed by atoms with van der Waals surface area (Å²) in [6.07, 6.45) is 1.70. The van der Waals surface area contributed by atoms with E-state index >= 15 is 0 Å². The lowest BCUT2D eigenvalue weighted by molar-refractivity contribution is 0.184. The fourth-order valence-corrected chi connectivity index (χ4v) is 1.49. The third kappa shape index (κ3) is 1.19. The first-order valence-corrected chi connectivity index (χ1v) is 4.31. The van der Waals surface area contributed by atoms with E-state index in [1.54, 1.807) is 6.20 Å². The molecule has 0 saturated carbocycles. The lowest BCUT2D eigenvalue weighted by Crippen LogP contribution is -2.39. The van der Waals surface area contributed by atoms with Crippen LogP contribution in [-0.4, -0.2) is 29.5 Å². The van der Waals surface area contributed by atoms with Crippen LogP contribution >= 0.6 is 12.6 Å². The third-order valence-corrected chi connectivity index (χ3v) is 2.30. The quantitative estimate of drug-likeness (QED) is 0.612. The second-order valence-electron chi connectivity index (χ2n) is 2.81. The van der Waals surface area contributed by atoms with E-state index in [0.717, 1.165) is 17.3 Å². The minimum Gasteiger partial charge on any atom is -0.475 e. The molecule has 2 heterocycles. The smallest absolute Gasteiger partial charge is 0.225 e. The number of fused-ring (bicyclic) bond motifs is 1. The van der Waals surface area contributed by atoms with Crippen molar-refractivity contribution in [2.24, 2.45) is 0 Å². The van der Waals surface area contributed by atoms with Crippen LogP contribution < -0.4 is 10.1 Å². The molecule has 0 radical (unpaired) electrons. The molecule has 1 aromatic heterocycles. The maximum atomic E-state index is 5.46. The number of aromatic nitrogens is 2. The van der Waals surface area contributed by atoms with E-state index in [1.165, 1.54) is 0 Å². The molecule has 0 aliphatic carbocycles. The summed E-state index contributed by atoms with van der Waals surface area (Å²) in [6, 6.07) is 0.352. The lowest BCUT2D eigenvalue weighted by Gasteiger charge is -2.23. The van der Waals surface area contributed by atoms with E-state index in [9.17, 15) is 0 Å². The zero-order valence-electron chi connectivity index (χ0n) is 6.82.